The summed E-state index contributed by atoms with van der Waals surface area (Å²) in [4.78, 5) is 8.36. The van der Waals surface area contributed by atoms with E-state index in [0.29, 0.717) is 0 Å². The molecule has 0 bridgehead atoms. The van der Waals surface area contributed by atoms with Crippen molar-refractivity contribution in [2.45, 2.75) is 19.5 Å². The summed E-state index contributed by atoms with van der Waals surface area (Å²) in [5, 5.41) is 6.08. The number of benzene rings is 2. The van der Waals surface area contributed by atoms with Crippen molar-refractivity contribution in [2.24, 2.45) is 0 Å². The van der Waals surface area contributed by atoms with Crippen LogP contribution in [0.3, 0.4) is 0 Å². The first-order valence-corrected chi connectivity index (χ1v) is 6.80. The van der Waals surface area contributed by atoms with Crippen molar-refractivity contribution in [3.8, 4) is 0 Å². The molecule has 3 rings (SSSR count). The fourth-order valence-electron chi connectivity index (χ4n) is 2.42. The van der Waals surface area contributed by atoms with Gasteiger partial charge in [-0.15, -0.1) is 0 Å². The van der Waals surface area contributed by atoms with Gasteiger partial charge in [0.05, 0.1) is 5.69 Å². The molecule has 100 valence electrons. The Labute approximate surface area is 118 Å². The Kier molecular flexibility index (Phi) is 3.70. The van der Waals surface area contributed by atoms with Gasteiger partial charge < -0.3 is 5.32 Å². The highest BCUT2D eigenvalue weighted by Crippen LogP contribution is 2.24. The van der Waals surface area contributed by atoms with E-state index in [1.54, 1.807) is 18.6 Å². The monoisotopic (exact) mass is 263 g/mol. The van der Waals surface area contributed by atoms with E-state index in [2.05, 4.69) is 64.7 Å². The predicted molar refractivity (Wildman–Crippen MR) is 81.2 cm³/mol. The van der Waals surface area contributed by atoms with Gasteiger partial charge in [-0.1, -0.05) is 42.5 Å². The maximum atomic E-state index is 4.28. The van der Waals surface area contributed by atoms with E-state index in [-0.39, 0.29) is 6.04 Å². The zero-order valence-corrected chi connectivity index (χ0v) is 11.5. The number of fused-ring (bicyclic) bond motifs is 1. The highest BCUT2D eigenvalue weighted by atomic mass is 14.9. The van der Waals surface area contributed by atoms with Crippen LogP contribution < -0.4 is 5.32 Å². The molecule has 3 nitrogen and oxygen atoms in total. The predicted octanol–water partition coefficient (Wildman–Crippen LogP) is 3.48. The molecule has 0 aliphatic carbocycles. The molecule has 3 heteroatoms. The second-order valence-electron chi connectivity index (χ2n) is 4.87. The van der Waals surface area contributed by atoms with E-state index in [0.717, 1.165) is 12.2 Å². The first-order chi connectivity index (χ1) is 9.84. The summed E-state index contributed by atoms with van der Waals surface area (Å²) in [7, 11) is 0. The van der Waals surface area contributed by atoms with Crippen LogP contribution >= 0.6 is 0 Å². The Bertz CT molecular complexity index is 689. The van der Waals surface area contributed by atoms with E-state index < -0.39 is 0 Å². The standard InChI is InChI=1S/C17H17N3/c1-13(20-12-15-11-18-9-10-19-15)16-8-4-6-14-5-2-3-7-17(14)16/h2-11,13,20H,12H2,1H3. The van der Waals surface area contributed by atoms with E-state index in [1.165, 1.54) is 16.3 Å². The SMILES string of the molecule is CC(NCc1cnccn1)c1cccc2ccccc12. The Morgan fingerprint density at radius 2 is 1.90 bits per heavy atom. The smallest absolute Gasteiger partial charge is 0.0724 e. The quantitative estimate of drug-likeness (QED) is 0.783. The molecule has 0 saturated heterocycles. The van der Waals surface area contributed by atoms with Crippen LogP contribution in [0.15, 0.2) is 61.1 Å². The van der Waals surface area contributed by atoms with Gasteiger partial charge in [-0.3, -0.25) is 9.97 Å². The third kappa shape index (κ3) is 2.68. The van der Waals surface area contributed by atoms with Crippen LogP contribution in [0.5, 0.6) is 0 Å². The van der Waals surface area contributed by atoms with Crippen molar-refractivity contribution in [1.29, 1.82) is 0 Å². The minimum Gasteiger partial charge on any atom is -0.304 e. The Balaban J connectivity index is 1.80. The van der Waals surface area contributed by atoms with Crippen LogP contribution in [-0.2, 0) is 6.54 Å². The molecule has 2 aromatic carbocycles. The molecule has 3 aromatic rings. The molecule has 1 heterocycles. The average molecular weight is 263 g/mol. The number of aromatic nitrogens is 2. The van der Waals surface area contributed by atoms with Gasteiger partial charge in [0.1, 0.15) is 0 Å². The summed E-state index contributed by atoms with van der Waals surface area (Å²) in [5.41, 5.74) is 2.27. The molecule has 1 aromatic heterocycles. The molecule has 0 spiro atoms. The summed E-state index contributed by atoms with van der Waals surface area (Å²) < 4.78 is 0. The summed E-state index contributed by atoms with van der Waals surface area (Å²) in [6.07, 6.45) is 5.21. The van der Waals surface area contributed by atoms with E-state index >= 15 is 0 Å². The molecule has 0 fully saturated rings. The highest BCUT2D eigenvalue weighted by Gasteiger charge is 2.08. The molecule has 0 amide bonds. The van der Waals surface area contributed by atoms with E-state index in [1.807, 2.05) is 0 Å². The minimum absolute atomic E-state index is 0.267. The lowest BCUT2D eigenvalue weighted by Gasteiger charge is -2.16. The maximum absolute atomic E-state index is 4.28. The molecule has 0 saturated carbocycles. The van der Waals surface area contributed by atoms with Crippen LogP contribution in [0.2, 0.25) is 0 Å². The minimum atomic E-state index is 0.267. The van der Waals surface area contributed by atoms with Gasteiger partial charge in [0.2, 0.25) is 0 Å². The number of hydrogen-bond acceptors (Lipinski definition) is 3. The van der Waals surface area contributed by atoms with Gasteiger partial charge in [-0.25, -0.2) is 0 Å². The van der Waals surface area contributed by atoms with Crippen molar-refractivity contribution >= 4 is 10.8 Å². The topological polar surface area (TPSA) is 37.8 Å². The van der Waals surface area contributed by atoms with Crippen molar-refractivity contribution in [3.05, 3.63) is 72.3 Å². The number of hydrogen-bond donors (Lipinski definition) is 1. The maximum Gasteiger partial charge on any atom is 0.0724 e. The van der Waals surface area contributed by atoms with Gasteiger partial charge in [0, 0.05) is 31.2 Å². The van der Waals surface area contributed by atoms with Crippen LogP contribution in [0, 0.1) is 0 Å². The Morgan fingerprint density at radius 3 is 2.75 bits per heavy atom. The number of nitrogens with one attached hydrogen (secondary N) is 1. The molecule has 1 unspecified atom stereocenters. The molecule has 1 N–H and O–H groups in total. The lowest BCUT2D eigenvalue weighted by atomic mass is 10.00. The lowest BCUT2D eigenvalue weighted by molar-refractivity contribution is 0.570. The molecule has 20 heavy (non-hydrogen) atoms. The van der Waals surface area contributed by atoms with Gasteiger partial charge in [-0.2, -0.15) is 0 Å². The molecule has 0 aliphatic heterocycles. The first kappa shape index (κ1) is 12.8. The van der Waals surface area contributed by atoms with Crippen molar-refractivity contribution in [1.82, 2.24) is 15.3 Å². The third-order valence-electron chi connectivity index (χ3n) is 3.50. The molecule has 0 radical (unpaired) electrons. The first-order valence-electron chi connectivity index (χ1n) is 6.80. The van der Waals surface area contributed by atoms with Gasteiger partial charge in [0.15, 0.2) is 0 Å². The van der Waals surface area contributed by atoms with Gasteiger partial charge >= 0.3 is 0 Å². The molecule has 1 atom stereocenters. The fourth-order valence-corrected chi connectivity index (χ4v) is 2.42. The third-order valence-corrected chi connectivity index (χ3v) is 3.50. The zero-order valence-electron chi connectivity index (χ0n) is 11.5. The van der Waals surface area contributed by atoms with Gasteiger partial charge in [-0.05, 0) is 23.3 Å². The van der Waals surface area contributed by atoms with Crippen LogP contribution in [0.1, 0.15) is 24.2 Å². The Morgan fingerprint density at radius 1 is 1.05 bits per heavy atom. The highest BCUT2D eigenvalue weighted by molar-refractivity contribution is 5.86. The zero-order chi connectivity index (χ0) is 13.8. The van der Waals surface area contributed by atoms with Crippen molar-refractivity contribution in [2.75, 3.05) is 0 Å². The molecule has 0 aliphatic rings. The summed E-state index contributed by atoms with van der Waals surface area (Å²) >= 11 is 0. The largest absolute Gasteiger partial charge is 0.304 e. The second-order valence-corrected chi connectivity index (χ2v) is 4.87. The fraction of sp³-hybridized carbons (Fsp3) is 0.176. The molecular weight excluding hydrogens is 246 g/mol. The van der Waals surface area contributed by atoms with Crippen LogP contribution in [-0.4, -0.2) is 9.97 Å². The van der Waals surface area contributed by atoms with Crippen molar-refractivity contribution in [3.63, 3.8) is 0 Å². The second kappa shape index (κ2) is 5.80. The number of nitrogens with zero attached hydrogens (tertiary/aromatic N) is 2. The van der Waals surface area contributed by atoms with Crippen molar-refractivity contribution < 1.29 is 0 Å². The normalized spacial score (nSPS) is 12.4. The van der Waals surface area contributed by atoms with Crippen LogP contribution in [0.4, 0.5) is 0 Å². The lowest BCUT2D eigenvalue weighted by Crippen LogP contribution is -2.19. The van der Waals surface area contributed by atoms with Gasteiger partial charge in [0.25, 0.3) is 0 Å². The summed E-state index contributed by atoms with van der Waals surface area (Å²) in [6.45, 7) is 2.90. The summed E-state index contributed by atoms with van der Waals surface area (Å²) in [5.74, 6) is 0. The Hall–Kier alpha value is -2.26. The van der Waals surface area contributed by atoms with Crippen LogP contribution in [0.25, 0.3) is 10.8 Å². The average Bonchev–Trinajstić information content (AvgIpc) is 2.53. The summed E-state index contributed by atoms with van der Waals surface area (Å²) in [6, 6.07) is 15.2. The van der Waals surface area contributed by atoms with E-state index in [9.17, 15) is 0 Å². The van der Waals surface area contributed by atoms with E-state index in [4.69, 9.17) is 0 Å². The molecular formula is C17H17N3. The number of rotatable bonds is 4.